The number of carbonyl (C=O) groups excluding carboxylic acids is 1. The fraction of sp³-hybridized carbons (Fsp3) is 0.700. The van der Waals surface area contributed by atoms with Gasteiger partial charge in [-0.3, -0.25) is 4.79 Å². The average molecular weight is 493 g/mol. The Hall–Kier alpha value is -1.32. The van der Waals surface area contributed by atoms with E-state index >= 15 is 0 Å². The van der Waals surface area contributed by atoms with E-state index in [1.54, 1.807) is 0 Å². The van der Waals surface area contributed by atoms with Gasteiger partial charge in [0, 0.05) is 12.0 Å². The summed E-state index contributed by atoms with van der Waals surface area (Å²) in [5.74, 6) is 0.157. The largest absolute Gasteiger partial charge is 0.349 e. The molecule has 0 saturated heterocycles. The molecule has 0 spiro atoms. The number of carbonyl (C=O) groups is 1. The van der Waals surface area contributed by atoms with Crippen LogP contribution in [0.15, 0.2) is 36.4 Å². The molecule has 0 aromatic heterocycles. The van der Waals surface area contributed by atoms with Crippen LogP contribution >= 0.6 is 12.4 Å². The van der Waals surface area contributed by atoms with Crippen LogP contribution in [0, 0.1) is 0 Å². The van der Waals surface area contributed by atoms with Crippen molar-refractivity contribution in [2.75, 3.05) is 0 Å². The molecule has 0 aliphatic heterocycles. The highest BCUT2D eigenvalue weighted by Gasteiger charge is 2.23. The zero-order valence-electron chi connectivity index (χ0n) is 22.5. The smallest absolute Gasteiger partial charge is 0.220 e. The van der Waals surface area contributed by atoms with Crippen LogP contribution in [0.4, 0.5) is 0 Å². The lowest BCUT2D eigenvalue weighted by Gasteiger charge is -2.27. The highest BCUT2D eigenvalue weighted by Crippen LogP contribution is 2.28. The molecule has 0 bridgehead atoms. The van der Waals surface area contributed by atoms with Crippen molar-refractivity contribution >= 4 is 18.3 Å². The van der Waals surface area contributed by atoms with Crippen LogP contribution < -0.4 is 11.1 Å². The minimum absolute atomic E-state index is 0. The number of hydrogen-bond donors (Lipinski definition) is 2. The van der Waals surface area contributed by atoms with Crippen LogP contribution in [0.25, 0.3) is 0 Å². The van der Waals surface area contributed by atoms with Crippen molar-refractivity contribution < 1.29 is 4.79 Å². The summed E-state index contributed by atoms with van der Waals surface area (Å²) < 4.78 is 0. The van der Waals surface area contributed by atoms with Gasteiger partial charge in [-0.2, -0.15) is 0 Å². The van der Waals surface area contributed by atoms with E-state index in [0.29, 0.717) is 6.42 Å². The first-order valence-corrected chi connectivity index (χ1v) is 13.7. The van der Waals surface area contributed by atoms with E-state index < -0.39 is 5.54 Å². The highest BCUT2D eigenvalue weighted by atomic mass is 35.5. The Labute approximate surface area is 217 Å². The highest BCUT2D eigenvalue weighted by molar-refractivity contribution is 5.85. The average Bonchev–Trinajstić information content (AvgIpc) is 2.79. The molecule has 3 nitrogen and oxygen atoms in total. The summed E-state index contributed by atoms with van der Waals surface area (Å²) >= 11 is 0. The molecular formula is C30H53ClN2O. The van der Waals surface area contributed by atoms with Gasteiger partial charge < -0.3 is 11.1 Å². The first-order valence-electron chi connectivity index (χ1n) is 13.7. The van der Waals surface area contributed by atoms with Crippen LogP contribution in [0.1, 0.15) is 141 Å². The number of benzene rings is 1. The van der Waals surface area contributed by atoms with Crippen molar-refractivity contribution in [3.63, 3.8) is 0 Å². The van der Waals surface area contributed by atoms with Gasteiger partial charge in [-0.25, -0.2) is 0 Å². The topological polar surface area (TPSA) is 55.1 Å². The van der Waals surface area contributed by atoms with Crippen LogP contribution in [0.2, 0.25) is 0 Å². The second kappa shape index (κ2) is 19.9. The summed E-state index contributed by atoms with van der Waals surface area (Å²) in [7, 11) is 0. The Morgan fingerprint density at radius 1 is 0.882 bits per heavy atom. The number of allylic oxidation sites excluding steroid dienone is 2. The molecule has 1 unspecified atom stereocenters. The quantitative estimate of drug-likeness (QED) is 0.149. The van der Waals surface area contributed by atoms with Gasteiger partial charge >= 0.3 is 0 Å². The standard InChI is InChI=1S/C30H52N2O.ClH/c1-5-7-8-9-10-11-12-13-14-15-16-17-18-19-20-25-29(33)32-28(6-2)26-23-21-22-24-27(26)30(3,4)31;/h13-14,21-24,28H,5-12,15-20,25,31H2,1-4H3,(H,32,33);1H/b14-13-;. The van der Waals surface area contributed by atoms with Crippen molar-refractivity contribution in [2.45, 2.75) is 136 Å². The van der Waals surface area contributed by atoms with Crippen molar-refractivity contribution in [1.82, 2.24) is 5.32 Å². The Morgan fingerprint density at radius 3 is 1.97 bits per heavy atom. The third-order valence-electron chi connectivity index (χ3n) is 6.44. The first kappa shape index (κ1) is 32.7. The SMILES string of the molecule is CCCCCCCC/C=C\CCCCCCCC(=O)NC(CC)c1ccccc1C(C)(C)N.Cl. The van der Waals surface area contributed by atoms with Gasteiger partial charge in [0.1, 0.15) is 0 Å². The van der Waals surface area contributed by atoms with Gasteiger partial charge in [-0.15, -0.1) is 12.4 Å². The molecule has 4 heteroatoms. The lowest BCUT2D eigenvalue weighted by molar-refractivity contribution is -0.122. The van der Waals surface area contributed by atoms with Gasteiger partial charge in [0.2, 0.25) is 5.91 Å². The molecule has 196 valence electrons. The number of nitrogens with one attached hydrogen (secondary N) is 1. The van der Waals surface area contributed by atoms with Crippen molar-refractivity contribution in [3.8, 4) is 0 Å². The Morgan fingerprint density at radius 2 is 1.41 bits per heavy atom. The monoisotopic (exact) mass is 492 g/mol. The Kier molecular flexibility index (Phi) is 19.2. The fourth-order valence-electron chi connectivity index (χ4n) is 4.41. The molecule has 0 radical (unpaired) electrons. The zero-order chi connectivity index (χ0) is 24.4. The van der Waals surface area contributed by atoms with Gasteiger partial charge in [-0.1, -0.05) is 102 Å². The molecular weight excluding hydrogens is 440 g/mol. The number of hydrogen-bond acceptors (Lipinski definition) is 2. The van der Waals surface area contributed by atoms with E-state index in [-0.39, 0.29) is 24.4 Å². The second-order valence-electron chi connectivity index (χ2n) is 10.2. The Balaban J connectivity index is 0.0000109. The third kappa shape index (κ3) is 14.8. The number of nitrogens with two attached hydrogens (primary N) is 1. The van der Waals surface area contributed by atoms with E-state index in [1.807, 2.05) is 26.0 Å². The summed E-state index contributed by atoms with van der Waals surface area (Å²) in [6.07, 6.45) is 22.8. The van der Waals surface area contributed by atoms with E-state index in [9.17, 15) is 4.79 Å². The van der Waals surface area contributed by atoms with Gasteiger partial charge in [0.25, 0.3) is 0 Å². The van der Waals surface area contributed by atoms with Crippen LogP contribution in [-0.2, 0) is 10.3 Å². The molecule has 34 heavy (non-hydrogen) atoms. The molecule has 0 aliphatic carbocycles. The maximum atomic E-state index is 12.5. The molecule has 3 N–H and O–H groups in total. The fourth-order valence-corrected chi connectivity index (χ4v) is 4.41. The molecule has 1 atom stereocenters. The maximum Gasteiger partial charge on any atom is 0.220 e. The molecule has 0 aliphatic rings. The summed E-state index contributed by atoms with van der Waals surface area (Å²) in [6.45, 7) is 8.43. The molecule has 1 aromatic rings. The van der Waals surface area contributed by atoms with E-state index in [0.717, 1.165) is 30.4 Å². The molecule has 1 rings (SSSR count). The number of rotatable bonds is 19. The van der Waals surface area contributed by atoms with E-state index in [4.69, 9.17) is 5.73 Å². The molecule has 1 amide bonds. The van der Waals surface area contributed by atoms with Crippen molar-refractivity contribution in [2.24, 2.45) is 5.73 Å². The minimum atomic E-state index is -0.418. The lowest BCUT2D eigenvalue weighted by Crippen LogP contribution is -2.34. The number of amides is 1. The predicted octanol–water partition coefficient (Wildman–Crippen LogP) is 8.91. The number of unbranched alkanes of at least 4 members (excludes halogenated alkanes) is 11. The second-order valence-corrected chi connectivity index (χ2v) is 10.2. The van der Waals surface area contributed by atoms with E-state index in [2.05, 4.69) is 43.4 Å². The first-order chi connectivity index (χ1) is 15.9. The predicted molar refractivity (Wildman–Crippen MR) is 152 cm³/mol. The zero-order valence-corrected chi connectivity index (χ0v) is 23.4. The molecule has 1 aromatic carbocycles. The summed E-state index contributed by atoms with van der Waals surface area (Å²) in [5, 5.41) is 3.24. The van der Waals surface area contributed by atoms with Crippen molar-refractivity contribution in [3.05, 3.63) is 47.5 Å². The van der Waals surface area contributed by atoms with Crippen LogP contribution in [-0.4, -0.2) is 5.91 Å². The molecule has 0 heterocycles. The third-order valence-corrected chi connectivity index (χ3v) is 6.44. The van der Waals surface area contributed by atoms with Gasteiger partial charge in [0.15, 0.2) is 0 Å². The Bertz CT molecular complexity index is 666. The van der Waals surface area contributed by atoms with Gasteiger partial charge in [-0.05, 0) is 63.5 Å². The minimum Gasteiger partial charge on any atom is -0.349 e. The molecule has 0 fully saturated rings. The normalized spacial score (nSPS) is 12.5. The maximum absolute atomic E-state index is 12.5. The summed E-state index contributed by atoms with van der Waals surface area (Å²) in [5.41, 5.74) is 8.20. The molecule has 0 saturated carbocycles. The summed E-state index contributed by atoms with van der Waals surface area (Å²) in [6, 6.07) is 8.25. The van der Waals surface area contributed by atoms with Crippen LogP contribution in [0.3, 0.4) is 0 Å². The lowest BCUT2D eigenvalue weighted by atomic mass is 9.87. The van der Waals surface area contributed by atoms with Crippen LogP contribution in [0.5, 0.6) is 0 Å². The van der Waals surface area contributed by atoms with Crippen molar-refractivity contribution in [1.29, 1.82) is 0 Å². The summed E-state index contributed by atoms with van der Waals surface area (Å²) in [4.78, 5) is 12.5. The van der Waals surface area contributed by atoms with Gasteiger partial charge in [0.05, 0.1) is 6.04 Å². The van der Waals surface area contributed by atoms with E-state index in [1.165, 1.54) is 70.6 Å². The number of halogens is 1.